The highest BCUT2D eigenvalue weighted by Crippen LogP contribution is 2.03. The minimum atomic E-state index is -1.07. The van der Waals surface area contributed by atoms with Crippen LogP contribution in [0.2, 0.25) is 0 Å². The summed E-state index contributed by atoms with van der Waals surface area (Å²) >= 11 is 0. The number of imide groups is 1. The molecule has 0 spiro atoms. The average Bonchev–Trinajstić information content (AvgIpc) is 2.43. The van der Waals surface area contributed by atoms with Crippen molar-refractivity contribution in [3.05, 3.63) is 0 Å². The van der Waals surface area contributed by atoms with Crippen LogP contribution in [0.1, 0.15) is 19.8 Å². The Kier molecular flexibility index (Phi) is 6.96. The van der Waals surface area contributed by atoms with Crippen LogP contribution in [0.15, 0.2) is 0 Å². The number of hydrogen-bond acceptors (Lipinski definition) is 5. The third-order valence-corrected chi connectivity index (χ3v) is 2.98. The molecule has 1 saturated heterocycles. The molecule has 8 heteroatoms. The van der Waals surface area contributed by atoms with E-state index in [1.807, 2.05) is 0 Å². The Hall–Kier alpha value is -1.67. The maximum Gasteiger partial charge on any atom is 0.321 e. The molecular formula is C12H21N3O5. The van der Waals surface area contributed by atoms with Crippen LogP contribution < -0.4 is 10.6 Å². The third kappa shape index (κ3) is 6.48. The van der Waals surface area contributed by atoms with Gasteiger partial charge >= 0.3 is 12.0 Å². The zero-order valence-electron chi connectivity index (χ0n) is 11.6. The van der Waals surface area contributed by atoms with Crippen molar-refractivity contribution in [3.63, 3.8) is 0 Å². The fourth-order valence-corrected chi connectivity index (χ4v) is 1.85. The molecule has 20 heavy (non-hydrogen) atoms. The lowest BCUT2D eigenvalue weighted by Crippen LogP contribution is -2.49. The lowest BCUT2D eigenvalue weighted by Gasteiger charge is -2.32. The van der Waals surface area contributed by atoms with E-state index in [4.69, 9.17) is 9.84 Å². The molecule has 1 heterocycles. The number of ether oxygens (including phenoxy) is 1. The number of nitrogens with zero attached hydrogens (tertiary/aromatic N) is 1. The average molecular weight is 287 g/mol. The number of carboxylic acids is 1. The molecule has 1 aliphatic rings. The monoisotopic (exact) mass is 287 g/mol. The van der Waals surface area contributed by atoms with E-state index in [-0.39, 0.29) is 18.9 Å². The number of carbonyl (C=O) groups excluding carboxylic acids is 2. The van der Waals surface area contributed by atoms with Gasteiger partial charge in [-0.15, -0.1) is 0 Å². The van der Waals surface area contributed by atoms with E-state index in [1.54, 1.807) is 0 Å². The van der Waals surface area contributed by atoms with Crippen LogP contribution in [0.4, 0.5) is 4.79 Å². The highest BCUT2D eigenvalue weighted by atomic mass is 16.5. The predicted octanol–water partition coefficient (Wildman–Crippen LogP) is -0.602. The van der Waals surface area contributed by atoms with Gasteiger partial charge in [0.1, 0.15) is 0 Å². The minimum absolute atomic E-state index is 0.0939. The number of morpholine rings is 1. The number of amides is 3. The molecule has 0 saturated carbocycles. The standard InChI is InChI=1S/C12H21N3O5/c1-2-15-5-6-20-9(8-15)7-13-12(19)14-10(16)3-4-11(17)18/h9H,2-8H2,1H3,(H,17,18)(H2,13,14,16,19). The molecule has 0 aromatic rings. The van der Waals surface area contributed by atoms with Crippen LogP contribution in [0.3, 0.4) is 0 Å². The van der Waals surface area contributed by atoms with E-state index >= 15 is 0 Å². The summed E-state index contributed by atoms with van der Waals surface area (Å²) in [5, 5.41) is 13.0. The summed E-state index contributed by atoms with van der Waals surface area (Å²) < 4.78 is 5.50. The minimum Gasteiger partial charge on any atom is -0.481 e. The molecule has 3 amide bonds. The van der Waals surface area contributed by atoms with Crippen molar-refractivity contribution in [1.82, 2.24) is 15.5 Å². The van der Waals surface area contributed by atoms with E-state index in [2.05, 4.69) is 22.5 Å². The van der Waals surface area contributed by atoms with Crippen molar-refractivity contribution < 1.29 is 24.2 Å². The lowest BCUT2D eigenvalue weighted by molar-refractivity contribution is -0.138. The van der Waals surface area contributed by atoms with E-state index in [0.29, 0.717) is 13.2 Å². The quantitative estimate of drug-likeness (QED) is 0.602. The number of nitrogens with one attached hydrogen (secondary N) is 2. The molecular weight excluding hydrogens is 266 g/mol. The fourth-order valence-electron chi connectivity index (χ4n) is 1.85. The molecule has 1 fully saturated rings. The molecule has 0 radical (unpaired) electrons. The van der Waals surface area contributed by atoms with E-state index in [9.17, 15) is 14.4 Å². The van der Waals surface area contributed by atoms with Crippen LogP contribution in [0.5, 0.6) is 0 Å². The summed E-state index contributed by atoms with van der Waals surface area (Å²) in [5.74, 6) is -1.68. The van der Waals surface area contributed by atoms with Crippen LogP contribution in [-0.4, -0.2) is 66.8 Å². The Bertz CT molecular complexity index is 361. The van der Waals surface area contributed by atoms with E-state index < -0.39 is 17.9 Å². The van der Waals surface area contributed by atoms with E-state index in [0.717, 1.165) is 19.6 Å². The summed E-state index contributed by atoms with van der Waals surface area (Å²) in [4.78, 5) is 35.2. The van der Waals surface area contributed by atoms with Crippen molar-refractivity contribution in [2.24, 2.45) is 0 Å². The number of aliphatic carboxylic acids is 1. The Balaban J connectivity index is 2.19. The zero-order valence-corrected chi connectivity index (χ0v) is 11.6. The van der Waals surface area contributed by atoms with Crippen LogP contribution in [-0.2, 0) is 14.3 Å². The van der Waals surface area contributed by atoms with Gasteiger partial charge < -0.3 is 15.2 Å². The molecule has 8 nitrogen and oxygen atoms in total. The maximum atomic E-state index is 11.4. The van der Waals surface area contributed by atoms with Crippen molar-refractivity contribution in [2.75, 3.05) is 32.8 Å². The Morgan fingerprint density at radius 1 is 1.35 bits per heavy atom. The Labute approximate surface area is 117 Å². The van der Waals surface area contributed by atoms with Gasteiger partial charge in [-0.25, -0.2) is 4.79 Å². The van der Waals surface area contributed by atoms with Gasteiger partial charge in [-0.1, -0.05) is 6.92 Å². The molecule has 3 N–H and O–H groups in total. The van der Waals surface area contributed by atoms with Gasteiger partial charge in [0, 0.05) is 26.1 Å². The second-order valence-corrected chi connectivity index (χ2v) is 4.54. The molecule has 1 aliphatic heterocycles. The summed E-state index contributed by atoms with van der Waals surface area (Å²) in [6.45, 7) is 5.55. The molecule has 1 unspecified atom stereocenters. The topological polar surface area (TPSA) is 108 Å². The number of likely N-dealkylation sites (N-methyl/N-ethyl adjacent to an activating group) is 1. The molecule has 0 aromatic heterocycles. The van der Waals surface area contributed by atoms with Gasteiger partial charge in [0.15, 0.2) is 0 Å². The first kappa shape index (κ1) is 16.4. The van der Waals surface area contributed by atoms with Crippen molar-refractivity contribution in [1.29, 1.82) is 0 Å². The predicted molar refractivity (Wildman–Crippen MR) is 70.3 cm³/mol. The first-order valence-electron chi connectivity index (χ1n) is 6.64. The first-order valence-corrected chi connectivity index (χ1v) is 6.64. The number of carbonyl (C=O) groups is 3. The second-order valence-electron chi connectivity index (χ2n) is 4.54. The molecule has 0 bridgehead atoms. The van der Waals surface area contributed by atoms with Crippen LogP contribution in [0, 0.1) is 0 Å². The molecule has 114 valence electrons. The smallest absolute Gasteiger partial charge is 0.321 e. The largest absolute Gasteiger partial charge is 0.481 e. The zero-order chi connectivity index (χ0) is 15.0. The van der Waals surface area contributed by atoms with Crippen molar-refractivity contribution in [2.45, 2.75) is 25.9 Å². The van der Waals surface area contributed by atoms with Crippen LogP contribution >= 0.6 is 0 Å². The summed E-state index contributed by atoms with van der Waals surface area (Å²) in [7, 11) is 0. The van der Waals surface area contributed by atoms with Gasteiger partial charge in [0.25, 0.3) is 0 Å². The van der Waals surface area contributed by atoms with Crippen LogP contribution in [0.25, 0.3) is 0 Å². The highest BCUT2D eigenvalue weighted by molar-refractivity contribution is 5.95. The van der Waals surface area contributed by atoms with Gasteiger partial charge in [-0.05, 0) is 6.54 Å². The second kappa shape index (κ2) is 8.49. The summed E-state index contributed by atoms with van der Waals surface area (Å²) in [5.41, 5.74) is 0. The lowest BCUT2D eigenvalue weighted by atomic mass is 10.2. The highest BCUT2D eigenvalue weighted by Gasteiger charge is 2.20. The third-order valence-electron chi connectivity index (χ3n) is 2.98. The number of hydrogen-bond donors (Lipinski definition) is 3. The van der Waals surface area contributed by atoms with E-state index in [1.165, 1.54) is 0 Å². The SMILES string of the molecule is CCN1CCOC(CNC(=O)NC(=O)CCC(=O)O)C1. The van der Waals surface area contributed by atoms with Gasteiger partial charge in [0.05, 0.1) is 19.1 Å². The van der Waals surface area contributed by atoms with Gasteiger partial charge in [0.2, 0.25) is 5.91 Å². The number of carboxylic acid groups (broad SMARTS) is 1. The molecule has 0 aromatic carbocycles. The maximum absolute atomic E-state index is 11.4. The summed E-state index contributed by atoms with van der Waals surface area (Å²) in [6, 6.07) is -0.627. The Morgan fingerprint density at radius 2 is 2.10 bits per heavy atom. The number of urea groups is 1. The number of rotatable bonds is 6. The Morgan fingerprint density at radius 3 is 2.75 bits per heavy atom. The van der Waals surface area contributed by atoms with Crippen molar-refractivity contribution >= 4 is 17.9 Å². The molecule has 0 aliphatic carbocycles. The van der Waals surface area contributed by atoms with Gasteiger partial charge in [-0.3, -0.25) is 19.8 Å². The molecule has 1 rings (SSSR count). The molecule has 1 atom stereocenters. The normalized spacial score (nSPS) is 19.4. The first-order chi connectivity index (χ1) is 9.51. The fraction of sp³-hybridized carbons (Fsp3) is 0.750. The van der Waals surface area contributed by atoms with Gasteiger partial charge in [-0.2, -0.15) is 0 Å². The van der Waals surface area contributed by atoms with Crippen molar-refractivity contribution in [3.8, 4) is 0 Å². The summed E-state index contributed by atoms with van der Waals surface area (Å²) in [6.07, 6.45) is -0.605.